The molecule has 0 radical (unpaired) electrons. The fourth-order valence-electron chi connectivity index (χ4n) is 2.15. The normalized spacial score (nSPS) is 12.4. The van der Waals surface area contributed by atoms with E-state index in [9.17, 15) is 4.79 Å². The number of nitrogens with zero attached hydrogens (tertiary/aromatic N) is 1. The number of hydrogen-bond donors (Lipinski definition) is 3. The minimum atomic E-state index is -0.571. The van der Waals surface area contributed by atoms with Gasteiger partial charge in [0.05, 0.1) is 6.54 Å². The largest absolute Gasteiger partial charge is 0.454 e. The monoisotopic (exact) mass is 462 g/mol. The second-order valence-electron chi connectivity index (χ2n) is 5.32. The first-order valence-corrected chi connectivity index (χ1v) is 8.20. The van der Waals surface area contributed by atoms with Crippen molar-refractivity contribution >= 4 is 47.2 Å². The van der Waals surface area contributed by atoms with E-state index in [4.69, 9.17) is 10.2 Å². The molecule has 2 rings (SSSR count). The Labute approximate surface area is 162 Å². The van der Waals surface area contributed by atoms with Gasteiger partial charge in [0.25, 0.3) is 5.91 Å². The number of nitrogens with two attached hydrogens (primary N) is 1. The van der Waals surface area contributed by atoms with Crippen LogP contribution in [0.1, 0.15) is 33.0 Å². The smallest absolute Gasteiger partial charge is 0.284 e. The van der Waals surface area contributed by atoms with E-state index in [-0.39, 0.29) is 35.8 Å². The number of carbonyl (C=O) groups excluding carboxylic acids is 1. The van der Waals surface area contributed by atoms with Gasteiger partial charge in [-0.1, -0.05) is 0 Å². The molecule has 0 fully saturated rings. The second kappa shape index (κ2) is 9.67. The molecular formula is C16H23IN4O2S. The Kier molecular flexibility index (Phi) is 8.26. The molecule has 0 saturated carbocycles. The summed E-state index contributed by atoms with van der Waals surface area (Å²) in [6.45, 7) is 4.65. The Bertz CT molecular complexity index is 696. The molecule has 132 valence electrons. The summed E-state index contributed by atoms with van der Waals surface area (Å²) in [5, 5.41) is 6.49. The van der Waals surface area contributed by atoms with Crippen LogP contribution in [-0.2, 0) is 13.0 Å². The SMILES string of the molecule is CN=C(NCc1ccc(C(N)=O)o1)NC(C)Cc1ccc(C)s1.I. The molecule has 2 aromatic heterocycles. The highest BCUT2D eigenvalue weighted by molar-refractivity contribution is 14.0. The number of carbonyl (C=O) groups is 1. The molecule has 8 heteroatoms. The van der Waals surface area contributed by atoms with Gasteiger partial charge in [0, 0.05) is 29.3 Å². The van der Waals surface area contributed by atoms with Gasteiger partial charge in [0.15, 0.2) is 11.7 Å². The molecule has 2 aromatic rings. The number of hydrogen-bond acceptors (Lipinski definition) is 4. The van der Waals surface area contributed by atoms with Gasteiger partial charge in [-0.2, -0.15) is 0 Å². The molecular weight excluding hydrogens is 439 g/mol. The number of furan rings is 1. The van der Waals surface area contributed by atoms with E-state index in [0.29, 0.717) is 18.3 Å². The fraction of sp³-hybridized carbons (Fsp3) is 0.375. The van der Waals surface area contributed by atoms with Gasteiger partial charge in [-0.25, -0.2) is 0 Å². The average molecular weight is 462 g/mol. The number of primary amides is 1. The molecule has 0 aliphatic carbocycles. The summed E-state index contributed by atoms with van der Waals surface area (Å²) in [5.41, 5.74) is 5.16. The zero-order valence-corrected chi connectivity index (χ0v) is 17.1. The molecule has 6 nitrogen and oxygen atoms in total. The van der Waals surface area contributed by atoms with Crippen LogP contribution in [-0.4, -0.2) is 25.0 Å². The van der Waals surface area contributed by atoms with Gasteiger partial charge in [-0.05, 0) is 38.1 Å². The lowest BCUT2D eigenvalue weighted by Gasteiger charge is -2.17. The van der Waals surface area contributed by atoms with Gasteiger partial charge in [0.1, 0.15) is 5.76 Å². The zero-order chi connectivity index (χ0) is 16.8. The number of guanidine groups is 1. The summed E-state index contributed by atoms with van der Waals surface area (Å²) in [7, 11) is 1.72. The van der Waals surface area contributed by atoms with E-state index < -0.39 is 5.91 Å². The Balaban J connectivity index is 0.00000288. The lowest BCUT2D eigenvalue weighted by atomic mass is 10.2. The first kappa shape index (κ1) is 20.5. The zero-order valence-electron chi connectivity index (χ0n) is 14.0. The van der Waals surface area contributed by atoms with Crippen LogP contribution in [0.4, 0.5) is 0 Å². The van der Waals surface area contributed by atoms with Crippen molar-refractivity contribution in [1.82, 2.24) is 10.6 Å². The van der Waals surface area contributed by atoms with Crippen molar-refractivity contribution in [3.8, 4) is 0 Å². The van der Waals surface area contributed by atoms with Crippen LogP contribution in [0.15, 0.2) is 33.7 Å². The first-order chi connectivity index (χ1) is 11.0. The van der Waals surface area contributed by atoms with E-state index in [0.717, 1.165) is 6.42 Å². The fourth-order valence-corrected chi connectivity index (χ4v) is 3.17. The van der Waals surface area contributed by atoms with Gasteiger partial charge < -0.3 is 20.8 Å². The molecule has 1 amide bonds. The third kappa shape index (κ3) is 6.16. The van der Waals surface area contributed by atoms with Crippen molar-refractivity contribution < 1.29 is 9.21 Å². The van der Waals surface area contributed by atoms with Crippen LogP contribution in [0, 0.1) is 6.92 Å². The Morgan fingerprint density at radius 1 is 1.38 bits per heavy atom. The summed E-state index contributed by atoms with van der Waals surface area (Å²) in [5.74, 6) is 0.899. The molecule has 0 aliphatic rings. The summed E-state index contributed by atoms with van der Waals surface area (Å²) in [6.07, 6.45) is 0.936. The van der Waals surface area contributed by atoms with Crippen LogP contribution < -0.4 is 16.4 Å². The van der Waals surface area contributed by atoms with Crippen LogP contribution in [0.3, 0.4) is 0 Å². The van der Waals surface area contributed by atoms with Crippen molar-refractivity contribution in [2.45, 2.75) is 32.9 Å². The van der Waals surface area contributed by atoms with Crippen molar-refractivity contribution in [3.63, 3.8) is 0 Å². The van der Waals surface area contributed by atoms with Crippen LogP contribution in [0.25, 0.3) is 0 Å². The van der Waals surface area contributed by atoms with E-state index >= 15 is 0 Å². The van der Waals surface area contributed by atoms with Gasteiger partial charge in [-0.15, -0.1) is 35.3 Å². The van der Waals surface area contributed by atoms with E-state index in [2.05, 4.69) is 41.6 Å². The molecule has 1 atom stereocenters. The van der Waals surface area contributed by atoms with Crippen molar-refractivity contribution in [1.29, 1.82) is 0 Å². The summed E-state index contributed by atoms with van der Waals surface area (Å²) in [4.78, 5) is 17.9. The number of amides is 1. The molecule has 0 aliphatic heterocycles. The molecule has 0 aromatic carbocycles. The third-order valence-electron chi connectivity index (χ3n) is 3.24. The first-order valence-electron chi connectivity index (χ1n) is 7.39. The van der Waals surface area contributed by atoms with Crippen molar-refractivity contribution in [3.05, 3.63) is 45.5 Å². The predicted molar refractivity (Wildman–Crippen MR) is 108 cm³/mol. The number of rotatable bonds is 6. The van der Waals surface area contributed by atoms with Crippen LogP contribution in [0.5, 0.6) is 0 Å². The summed E-state index contributed by atoms with van der Waals surface area (Å²) in [6, 6.07) is 7.82. The van der Waals surface area contributed by atoms with Gasteiger partial charge in [-0.3, -0.25) is 9.79 Å². The Morgan fingerprint density at radius 3 is 2.67 bits per heavy atom. The van der Waals surface area contributed by atoms with E-state index in [1.807, 2.05) is 11.3 Å². The minimum Gasteiger partial charge on any atom is -0.454 e. The minimum absolute atomic E-state index is 0. The highest BCUT2D eigenvalue weighted by Crippen LogP contribution is 2.16. The van der Waals surface area contributed by atoms with E-state index in [1.54, 1.807) is 19.2 Å². The molecule has 1 unspecified atom stereocenters. The van der Waals surface area contributed by atoms with Crippen LogP contribution in [0.2, 0.25) is 0 Å². The van der Waals surface area contributed by atoms with Crippen LogP contribution >= 0.6 is 35.3 Å². The predicted octanol–water partition coefficient (Wildman–Crippen LogP) is 2.66. The van der Waals surface area contributed by atoms with Crippen molar-refractivity contribution in [2.24, 2.45) is 10.7 Å². The maximum absolute atomic E-state index is 11.0. The standard InChI is InChI=1S/C16H22N4O2S.HI/c1-10(8-13-6-4-11(2)23-13)20-16(18-3)19-9-12-5-7-14(22-12)15(17)21;/h4-7,10H,8-9H2,1-3H3,(H2,17,21)(H2,18,19,20);1H. The quantitative estimate of drug-likeness (QED) is 0.350. The maximum Gasteiger partial charge on any atom is 0.284 e. The van der Waals surface area contributed by atoms with Gasteiger partial charge in [0.2, 0.25) is 0 Å². The summed E-state index contributed by atoms with van der Waals surface area (Å²) < 4.78 is 5.33. The van der Waals surface area contributed by atoms with Crippen molar-refractivity contribution in [2.75, 3.05) is 7.05 Å². The molecule has 24 heavy (non-hydrogen) atoms. The number of halogens is 1. The molecule has 0 spiro atoms. The average Bonchev–Trinajstić information content (AvgIpc) is 3.12. The Morgan fingerprint density at radius 2 is 2.12 bits per heavy atom. The van der Waals surface area contributed by atoms with Gasteiger partial charge >= 0.3 is 0 Å². The highest BCUT2D eigenvalue weighted by Gasteiger charge is 2.10. The highest BCUT2D eigenvalue weighted by atomic mass is 127. The van der Waals surface area contributed by atoms with E-state index in [1.165, 1.54) is 9.75 Å². The molecule has 0 saturated heterocycles. The maximum atomic E-state index is 11.0. The number of nitrogens with one attached hydrogen (secondary N) is 2. The molecule has 0 bridgehead atoms. The number of aryl methyl sites for hydroxylation is 1. The number of aliphatic imine (C=N–C) groups is 1. The lowest BCUT2D eigenvalue weighted by molar-refractivity contribution is 0.0972. The summed E-state index contributed by atoms with van der Waals surface area (Å²) >= 11 is 1.81. The number of thiophene rings is 1. The Hall–Kier alpha value is -1.55. The second-order valence-corrected chi connectivity index (χ2v) is 6.69. The lowest BCUT2D eigenvalue weighted by Crippen LogP contribution is -2.42. The topological polar surface area (TPSA) is 92.6 Å². The third-order valence-corrected chi connectivity index (χ3v) is 4.27. The molecule has 2 heterocycles. The molecule has 4 N–H and O–H groups in total.